The molecule has 1 aromatic carbocycles. The van der Waals surface area contributed by atoms with E-state index in [4.69, 9.17) is 5.26 Å². The van der Waals surface area contributed by atoms with Gasteiger partial charge in [0.25, 0.3) is 0 Å². The smallest absolute Gasteiger partial charge is 0.306 e. The van der Waals surface area contributed by atoms with Gasteiger partial charge in [-0.2, -0.15) is 5.26 Å². The first-order chi connectivity index (χ1) is 7.13. The summed E-state index contributed by atoms with van der Waals surface area (Å²) in [7, 11) is 0. The molecule has 0 bridgehead atoms. The van der Waals surface area contributed by atoms with E-state index in [9.17, 15) is 4.79 Å². The van der Waals surface area contributed by atoms with Crippen molar-refractivity contribution in [2.24, 2.45) is 0 Å². The molecular formula is C11H11N3O. The molecule has 0 saturated heterocycles. The molecule has 1 N–H and O–H groups in total. The van der Waals surface area contributed by atoms with Gasteiger partial charge in [-0.05, 0) is 37.1 Å². The van der Waals surface area contributed by atoms with E-state index in [1.54, 1.807) is 0 Å². The maximum absolute atomic E-state index is 11.5. The van der Waals surface area contributed by atoms with Crippen LogP contribution in [0.4, 0.5) is 0 Å². The van der Waals surface area contributed by atoms with Crippen LogP contribution in [-0.2, 0) is 6.54 Å². The highest BCUT2D eigenvalue weighted by atomic mass is 16.1. The Labute approximate surface area is 86.8 Å². The minimum Gasteiger partial charge on any atom is -0.306 e. The van der Waals surface area contributed by atoms with Crippen LogP contribution in [-0.4, -0.2) is 9.55 Å². The average Bonchev–Trinajstić information content (AvgIpc) is 2.46. The number of nitrogens with zero attached hydrogens (tertiary/aromatic N) is 2. The van der Waals surface area contributed by atoms with E-state index in [0.29, 0.717) is 0 Å². The van der Waals surface area contributed by atoms with Crippen molar-refractivity contribution in [1.29, 1.82) is 5.26 Å². The highest BCUT2D eigenvalue weighted by molar-refractivity contribution is 5.77. The molecule has 0 aliphatic rings. The molecule has 0 unspecified atom stereocenters. The maximum Gasteiger partial charge on any atom is 0.327 e. The largest absolute Gasteiger partial charge is 0.327 e. The number of nitriles is 1. The number of hydrogen-bond donors (Lipinski definition) is 1. The first kappa shape index (κ1) is 9.53. The predicted molar refractivity (Wildman–Crippen MR) is 57.6 cm³/mol. The molecule has 0 fully saturated rings. The number of benzene rings is 1. The molecule has 2 aromatic rings. The summed E-state index contributed by atoms with van der Waals surface area (Å²) in [5.74, 6) is 0. The average molecular weight is 201 g/mol. The lowest BCUT2D eigenvalue weighted by Crippen LogP contribution is -2.15. The second-order valence-corrected chi connectivity index (χ2v) is 3.63. The molecule has 4 nitrogen and oxygen atoms in total. The van der Waals surface area contributed by atoms with Gasteiger partial charge in [0, 0.05) is 0 Å². The number of H-pyrrole nitrogens is 1. The summed E-state index contributed by atoms with van der Waals surface area (Å²) in [6.45, 7) is 4.07. The standard InChI is InChI=1S/C11H11N3O/c1-7-5-9-10(6-8(7)2)14(4-3-12)11(15)13-9/h5-6H,4H2,1-2H3,(H,13,15). The Morgan fingerprint density at radius 3 is 2.73 bits per heavy atom. The molecule has 76 valence electrons. The molecule has 0 amide bonds. The molecule has 1 heterocycles. The van der Waals surface area contributed by atoms with E-state index in [1.807, 2.05) is 32.0 Å². The van der Waals surface area contributed by atoms with Crippen molar-refractivity contribution < 1.29 is 0 Å². The molecule has 2 rings (SSSR count). The number of nitrogens with one attached hydrogen (secondary N) is 1. The topological polar surface area (TPSA) is 61.6 Å². The summed E-state index contributed by atoms with van der Waals surface area (Å²) in [5, 5.41) is 8.62. The van der Waals surface area contributed by atoms with Gasteiger partial charge in [-0.25, -0.2) is 4.79 Å². The Kier molecular flexibility index (Phi) is 2.09. The Morgan fingerprint density at radius 1 is 1.40 bits per heavy atom. The lowest BCUT2D eigenvalue weighted by molar-refractivity contribution is 0.817. The highest BCUT2D eigenvalue weighted by Gasteiger charge is 2.07. The number of rotatable bonds is 1. The van der Waals surface area contributed by atoms with Crippen LogP contribution in [0.15, 0.2) is 16.9 Å². The van der Waals surface area contributed by atoms with Gasteiger partial charge in [-0.1, -0.05) is 0 Å². The third-order valence-electron chi connectivity index (χ3n) is 2.62. The van der Waals surface area contributed by atoms with Crippen molar-refractivity contribution >= 4 is 11.0 Å². The molecule has 0 atom stereocenters. The number of aryl methyl sites for hydroxylation is 2. The van der Waals surface area contributed by atoms with Crippen molar-refractivity contribution in [3.63, 3.8) is 0 Å². The molecular weight excluding hydrogens is 190 g/mol. The zero-order chi connectivity index (χ0) is 11.0. The second kappa shape index (κ2) is 3.28. The summed E-state index contributed by atoms with van der Waals surface area (Å²) in [5.41, 5.74) is 3.61. The van der Waals surface area contributed by atoms with Crippen molar-refractivity contribution in [1.82, 2.24) is 9.55 Å². The summed E-state index contributed by atoms with van der Waals surface area (Å²) in [6, 6.07) is 5.84. The van der Waals surface area contributed by atoms with Gasteiger partial charge in [0.2, 0.25) is 0 Å². The maximum atomic E-state index is 11.5. The molecule has 0 saturated carbocycles. The first-order valence-electron chi connectivity index (χ1n) is 4.70. The fourth-order valence-corrected chi connectivity index (χ4v) is 1.64. The van der Waals surface area contributed by atoms with Gasteiger partial charge in [-0.3, -0.25) is 4.57 Å². The normalized spacial score (nSPS) is 10.5. The fraction of sp³-hybridized carbons (Fsp3) is 0.273. The molecule has 15 heavy (non-hydrogen) atoms. The van der Waals surface area contributed by atoms with Crippen LogP contribution < -0.4 is 5.69 Å². The molecule has 0 spiro atoms. The van der Waals surface area contributed by atoms with Crippen LogP contribution in [0.5, 0.6) is 0 Å². The van der Waals surface area contributed by atoms with Gasteiger partial charge >= 0.3 is 5.69 Å². The van der Waals surface area contributed by atoms with Crippen LogP contribution in [0.1, 0.15) is 11.1 Å². The van der Waals surface area contributed by atoms with Crippen molar-refractivity contribution in [3.8, 4) is 6.07 Å². The molecule has 4 heteroatoms. The van der Waals surface area contributed by atoms with E-state index in [1.165, 1.54) is 4.57 Å². The summed E-state index contributed by atoms with van der Waals surface area (Å²) in [6.07, 6.45) is 0. The zero-order valence-electron chi connectivity index (χ0n) is 8.66. The zero-order valence-corrected chi connectivity index (χ0v) is 8.66. The Hall–Kier alpha value is -2.02. The number of aromatic amines is 1. The Bertz CT molecular complexity index is 613. The van der Waals surface area contributed by atoms with Gasteiger partial charge in [0.05, 0.1) is 17.1 Å². The van der Waals surface area contributed by atoms with Gasteiger partial charge < -0.3 is 4.98 Å². The Morgan fingerprint density at radius 2 is 2.07 bits per heavy atom. The van der Waals surface area contributed by atoms with E-state index < -0.39 is 0 Å². The van der Waals surface area contributed by atoms with Crippen LogP contribution in [0, 0.1) is 25.2 Å². The van der Waals surface area contributed by atoms with Crippen LogP contribution in [0.3, 0.4) is 0 Å². The van der Waals surface area contributed by atoms with Crippen molar-refractivity contribution in [2.75, 3.05) is 0 Å². The lowest BCUT2D eigenvalue weighted by Gasteiger charge is -2.01. The predicted octanol–water partition coefficient (Wildman–Crippen LogP) is 1.47. The van der Waals surface area contributed by atoms with Crippen molar-refractivity contribution in [3.05, 3.63) is 33.7 Å². The van der Waals surface area contributed by atoms with Gasteiger partial charge in [0.1, 0.15) is 6.54 Å². The van der Waals surface area contributed by atoms with Crippen LogP contribution >= 0.6 is 0 Å². The van der Waals surface area contributed by atoms with Crippen LogP contribution in [0.2, 0.25) is 0 Å². The highest BCUT2D eigenvalue weighted by Crippen LogP contribution is 2.16. The second-order valence-electron chi connectivity index (χ2n) is 3.63. The van der Waals surface area contributed by atoms with E-state index >= 15 is 0 Å². The SMILES string of the molecule is Cc1cc2[nH]c(=O)n(CC#N)c2cc1C. The summed E-state index contributed by atoms with van der Waals surface area (Å²) < 4.78 is 1.45. The van der Waals surface area contributed by atoms with E-state index in [-0.39, 0.29) is 12.2 Å². The molecule has 0 aliphatic carbocycles. The third kappa shape index (κ3) is 1.42. The number of fused-ring (bicyclic) bond motifs is 1. The quantitative estimate of drug-likeness (QED) is 0.759. The van der Waals surface area contributed by atoms with Gasteiger partial charge in [-0.15, -0.1) is 0 Å². The molecule has 0 aliphatic heterocycles. The number of aromatic nitrogens is 2. The minimum atomic E-state index is -0.225. The van der Waals surface area contributed by atoms with Gasteiger partial charge in [0.15, 0.2) is 0 Å². The minimum absolute atomic E-state index is 0.0847. The number of hydrogen-bond acceptors (Lipinski definition) is 2. The Balaban J connectivity index is 2.83. The molecule has 0 radical (unpaired) electrons. The van der Waals surface area contributed by atoms with Crippen LogP contribution in [0.25, 0.3) is 11.0 Å². The summed E-state index contributed by atoms with van der Waals surface area (Å²) >= 11 is 0. The van der Waals surface area contributed by atoms with E-state index in [0.717, 1.165) is 22.2 Å². The monoisotopic (exact) mass is 201 g/mol. The summed E-state index contributed by atoms with van der Waals surface area (Å²) in [4.78, 5) is 14.2. The van der Waals surface area contributed by atoms with Crippen molar-refractivity contribution in [2.45, 2.75) is 20.4 Å². The van der Waals surface area contributed by atoms with E-state index in [2.05, 4.69) is 4.98 Å². The first-order valence-corrected chi connectivity index (χ1v) is 4.70. The third-order valence-corrected chi connectivity index (χ3v) is 2.62. The molecule has 1 aromatic heterocycles. The number of imidazole rings is 1. The fourth-order valence-electron chi connectivity index (χ4n) is 1.64. The lowest BCUT2D eigenvalue weighted by atomic mass is 10.1.